The van der Waals surface area contributed by atoms with Gasteiger partial charge in [0.25, 0.3) is 0 Å². The Balaban J connectivity index is 1.88. The summed E-state index contributed by atoms with van der Waals surface area (Å²) in [5, 5.41) is 3.29. The van der Waals surface area contributed by atoms with Crippen molar-refractivity contribution in [2.75, 3.05) is 11.9 Å². The number of Topliss-reactive ketones (excluding diaryl/α,β-unsaturated/α-hetero) is 1. The summed E-state index contributed by atoms with van der Waals surface area (Å²) < 4.78 is 5.60. The molecule has 2 aromatic carbocycles. The molecule has 0 fully saturated rings. The lowest BCUT2D eigenvalue weighted by Gasteiger charge is -2.20. The predicted molar refractivity (Wildman–Crippen MR) is 95.0 cm³/mol. The van der Waals surface area contributed by atoms with Crippen molar-refractivity contribution in [3.63, 3.8) is 0 Å². The molecular formula is C18H13Cl2NO3. The van der Waals surface area contributed by atoms with Gasteiger partial charge in [-0.25, -0.2) is 0 Å². The van der Waals surface area contributed by atoms with E-state index < -0.39 is 0 Å². The summed E-state index contributed by atoms with van der Waals surface area (Å²) >= 11 is 12.0. The first kappa shape index (κ1) is 16.6. The first-order valence-corrected chi connectivity index (χ1v) is 7.95. The second-order valence-electron chi connectivity index (χ2n) is 5.33. The highest BCUT2D eigenvalue weighted by Gasteiger charge is 2.26. The van der Waals surface area contributed by atoms with E-state index in [9.17, 15) is 9.59 Å². The van der Waals surface area contributed by atoms with Crippen molar-refractivity contribution < 1.29 is 14.3 Å². The van der Waals surface area contributed by atoms with E-state index in [0.29, 0.717) is 27.6 Å². The summed E-state index contributed by atoms with van der Waals surface area (Å²) in [6, 6.07) is 10.4. The second-order valence-corrected chi connectivity index (χ2v) is 6.11. The van der Waals surface area contributed by atoms with Crippen LogP contribution in [0.15, 0.2) is 42.0 Å². The zero-order valence-electron chi connectivity index (χ0n) is 12.7. The molecular weight excluding hydrogens is 349 g/mol. The molecule has 1 amide bonds. The smallest absolute Gasteiger partial charge is 0.221 e. The maximum absolute atomic E-state index is 12.6. The van der Waals surface area contributed by atoms with Crippen LogP contribution in [0.5, 0.6) is 5.75 Å². The van der Waals surface area contributed by atoms with Crippen LogP contribution in [0.3, 0.4) is 0 Å². The van der Waals surface area contributed by atoms with Gasteiger partial charge < -0.3 is 10.1 Å². The molecule has 1 aliphatic rings. The minimum Gasteiger partial charge on any atom is -0.486 e. The number of nitrogens with one attached hydrogen (secondary N) is 1. The van der Waals surface area contributed by atoms with Crippen molar-refractivity contribution >= 4 is 46.7 Å². The molecule has 0 saturated carbocycles. The van der Waals surface area contributed by atoms with Crippen LogP contribution in [0, 0.1) is 0 Å². The lowest BCUT2D eigenvalue weighted by molar-refractivity contribution is -0.114. The van der Waals surface area contributed by atoms with Crippen LogP contribution in [0.2, 0.25) is 10.0 Å². The number of ketones is 1. The summed E-state index contributed by atoms with van der Waals surface area (Å²) in [5.41, 5.74) is 2.45. The van der Waals surface area contributed by atoms with Gasteiger partial charge in [0.05, 0.1) is 10.6 Å². The van der Waals surface area contributed by atoms with Crippen molar-refractivity contribution in [3.8, 4) is 5.75 Å². The number of rotatable bonds is 2. The van der Waals surface area contributed by atoms with Gasteiger partial charge in [-0.05, 0) is 35.9 Å². The van der Waals surface area contributed by atoms with Crippen LogP contribution in [0.1, 0.15) is 22.8 Å². The zero-order chi connectivity index (χ0) is 17.3. The van der Waals surface area contributed by atoms with E-state index in [1.165, 1.54) is 6.92 Å². The Kier molecular flexibility index (Phi) is 4.60. The van der Waals surface area contributed by atoms with Gasteiger partial charge in [-0.3, -0.25) is 9.59 Å². The Hall–Kier alpha value is -2.30. The van der Waals surface area contributed by atoms with Crippen molar-refractivity contribution in [2.24, 2.45) is 0 Å². The van der Waals surface area contributed by atoms with E-state index in [4.69, 9.17) is 27.9 Å². The van der Waals surface area contributed by atoms with Crippen LogP contribution >= 0.6 is 23.2 Å². The SMILES string of the molecule is CC(=O)Nc1ccc(C=C2COc3c(ccc(Cl)c3Cl)C2=O)cc1. The molecule has 1 heterocycles. The van der Waals surface area contributed by atoms with Crippen LogP contribution in [-0.4, -0.2) is 18.3 Å². The average Bonchev–Trinajstić information content (AvgIpc) is 2.55. The fourth-order valence-corrected chi connectivity index (χ4v) is 2.78. The molecule has 24 heavy (non-hydrogen) atoms. The van der Waals surface area contributed by atoms with Crippen LogP contribution in [0.25, 0.3) is 6.08 Å². The molecule has 3 rings (SSSR count). The second kappa shape index (κ2) is 6.67. The molecule has 4 nitrogen and oxygen atoms in total. The maximum Gasteiger partial charge on any atom is 0.221 e. The van der Waals surface area contributed by atoms with Gasteiger partial charge in [-0.15, -0.1) is 0 Å². The Morgan fingerprint density at radius 1 is 1.17 bits per heavy atom. The molecule has 0 aromatic heterocycles. The summed E-state index contributed by atoms with van der Waals surface area (Å²) in [5.74, 6) is 0.0530. The lowest BCUT2D eigenvalue weighted by Crippen LogP contribution is -2.19. The highest BCUT2D eigenvalue weighted by atomic mass is 35.5. The molecule has 1 aliphatic heterocycles. The van der Waals surface area contributed by atoms with Crippen molar-refractivity contribution in [3.05, 3.63) is 63.1 Å². The van der Waals surface area contributed by atoms with E-state index in [0.717, 1.165) is 5.56 Å². The number of fused-ring (bicyclic) bond motifs is 1. The first-order valence-electron chi connectivity index (χ1n) is 7.19. The molecule has 0 saturated heterocycles. The summed E-state index contributed by atoms with van der Waals surface area (Å²) in [6.45, 7) is 1.57. The van der Waals surface area contributed by atoms with Gasteiger partial charge in [0, 0.05) is 18.2 Å². The molecule has 0 atom stereocenters. The largest absolute Gasteiger partial charge is 0.486 e. The molecule has 0 aliphatic carbocycles. The molecule has 0 unspecified atom stereocenters. The van der Waals surface area contributed by atoms with E-state index in [-0.39, 0.29) is 23.3 Å². The molecule has 0 spiro atoms. The lowest BCUT2D eigenvalue weighted by atomic mass is 9.98. The minimum absolute atomic E-state index is 0.124. The van der Waals surface area contributed by atoms with Crippen LogP contribution in [0.4, 0.5) is 5.69 Å². The third kappa shape index (κ3) is 3.30. The Labute approximate surface area is 149 Å². The standard InChI is InChI=1S/C18H13Cl2NO3/c1-10(22)21-13-4-2-11(3-5-13)8-12-9-24-18-14(17(12)23)6-7-15(19)16(18)20/h2-8H,9H2,1H3,(H,21,22). The third-order valence-corrected chi connectivity index (χ3v) is 4.32. The first-order chi connectivity index (χ1) is 11.5. The average molecular weight is 362 g/mol. The van der Waals surface area contributed by atoms with Crippen LogP contribution in [-0.2, 0) is 4.79 Å². The number of carbonyl (C=O) groups excluding carboxylic acids is 2. The van der Waals surface area contributed by atoms with Gasteiger partial charge in [-0.2, -0.15) is 0 Å². The summed E-state index contributed by atoms with van der Waals surface area (Å²) in [4.78, 5) is 23.6. The maximum atomic E-state index is 12.6. The minimum atomic E-state index is -0.138. The normalized spacial score (nSPS) is 15.0. The number of amides is 1. The fraction of sp³-hybridized carbons (Fsp3) is 0.111. The molecule has 6 heteroatoms. The van der Waals surface area contributed by atoms with Gasteiger partial charge in [-0.1, -0.05) is 35.3 Å². The Bertz CT molecular complexity index is 857. The number of hydrogen-bond acceptors (Lipinski definition) is 3. The molecule has 2 aromatic rings. The van der Waals surface area contributed by atoms with E-state index in [2.05, 4.69) is 5.32 Å². The van der Waals surface area contributed by atoms with Crippen molar-refractivity contribution in [2.45, 2.75) is 6.92 Å². The molecule has 122 valence electrons. The number of hydrogen-bond donors (Lipinski definition) is 1. The Morgan fingerprint density at radius 2 is 1.88 bits per heavy atom. The summed E-state index contributed by atoms with van der Waals surface area (Å²) in [7, 11) is 0. The van der Waals surface area contributed by atoms with Gasteiger partial charge in [0.2, 0.25) is 5.91 Å². The number of benzene rings is 2. The monoisotopic (exact) mass is 361 g/mol. The van der Waals surface area contributed by atoms with Crippen molar-refractivity contribution in [1.82, 2.24) is 0 Å². The fourth-order valence-electron chi connectivity index (χ4n) is 2.41. The van der Waals surface area contributed by atoms with Gasteiger partial charge in [0.1, 0.15) is 11.6 Å². The molecule has 0 radical (unpaired) electrons. The number of carbonyl (C=O) groups is 2. The Morgan fingerprint density at radius 3 is 2.54 bits per heavy atom. The topological polar surface area (TPSA) is 55.4 Å². The molecule has 1 N–H and O–H groups in total. The van der Waals surface area contributed by atoms with Gasteiger partial charge in [0.15, 0.2) is 11.5 Å². The van der Waals surface area contributed by atoms with E-state index in [1.54, 1.807) is 30.3 Å². The highest BCUT2D eigenvalue weighted by Crippen LogP contribution is 2.39. The third-order valence-electron chi connectivity index (χ3n) is 3.53. The highest BCUT2D eigenvalue weighted by molar-refractivity contribution is 6.43. The van der Waals surface area contributed by atoms with Gasteiger partial charge >= 0.3 is 0 Å². The number of halogens is 2. The predicted octanol–water partition coefficient (Wildman–Crippen LogP) is 4.61. The quantitative estimate of drug-likeness (QED) is 0.794. The van der Waals surface area contributed by atoms with E-state index in [1.807, 2.05) is 12.1 Å². The summed E-state index contributed by atoms with van der Waals surface area (Å²) in [6.07, 6.45) is 1.76. The zero-order valence-corrected chi connectivity index (χ0v) is 14.2. The molecule has 0 bridgehead atoms. The van der Waals surface area contributed by atoms with Crippen molar-refractivity contribution in [1.29, 1.82) is 0 Å². The van der Waals surface area contributed by atoms with E-state index >= 15 is 0 Å². The number of ether oxygens (including phenoxy) is 1. The number of anilines is 1. The van der Waals surface area contributed by atoms with Crippen LogP contribution < -0.4 is 10.1 Å².